The molecule has 0 aliphatic rings. The summed E-state index contributed by atoms with van der Waals surface area (Å²) in [5.74, 6) is 0.441. The summed E-state index contributed by atoms with van der Waals surface area (Å²) >= 11 is 1.25. The van der Waals surface area contributed by atoms with Crippen LogP contribution in [0.25, 0.3) is 0 Å². The van der Waals surface area contributed by atoms with Crippen molar-refractivity contribution in [1.82, 2.24) is 14.8 Å². The molecule has 8 heteroatoms. The van der Waals surface area contributed by atoms with Crippen LogP contribution in [0.3, 0.4) is 0 Å². The van der Waals surface area contributed by atoms with E-state index in [1.165, 1.54) is 11.8 Å². The average Bonchev–Trinajstić information content (AvgIpc) is 2.87. The second-order valence-electron chi connectivity index (χ2n) is 4.16. The highest BCUT2D eigenvalue weighted by atomic mass is 32.2. The first-order valence-electron chi connectivity index (χ1n) is 6.28. The zero-order chi connectivity index (χ0) is 15.3. The summed E-state index contributed by atoms with van der Waals surface area (Å²) in [6, 6.07) is 10.3. The maximum absolute atomic E-state index is 12.4. The molecule has 1 heterocycles. The standard InChI is InChI=1S/C13H14N4O2S2/c1-2-17-12(15-16-13(17)20-9-8-14)10-21(18,19)11-6-4-3-5-7-11/h3-7H,2,9-10H2,1H3. The fraction of sp³-hybridized carbons (Fsp3) is 0.308. The van der Waals surface area contributed by atoms with Crippen LogP contribution in [-0.4, -0.2) is 28.9 Å². The number of nitrogens with zero attached hydrogens (tertiary/aromatic N) is 4. The van der Waals surface area contributed by atoms with Gasteiger partial charge in [-0.1, -0.05) is 30.0 Å². The van der Waals surface area contributed by atoms with Gasteiger partial charge >= 0.3 is 0 Å². The van der Waals surface area contributed by atoms with Crippen LogP contribution in [0.15, 0.2) is 40.4 Å². The predicted octanol–water partition coefficient (Wildman–Crippen LogP) is 1.89. The van der Waals surface area contributed by atoms with Crippen molar-refractivity contribution >= 4 is 21.6 Å². The zero-order valence-corrected chi connectivity index (χ0v) is 13.1. The summed E-state index contributed by atoms with van der Waals surface area (Å²) in [7, 11) is -3.45. The maximum atomic E-state index is 12.4. The Morgan fingerprint density at radius 2 is 2.00 bits per heavy atom. The highest BCUT2D eigenvalue weighted by molar-refractivity contribution is 7.99. The second kappa shape index (κ2) is 6.74. The molecule has 0 saturated carbocycles. The van der Waals surface area contributed by atoms with Crippen molar-refractivity contribution in [3.8, 4) is 6.07 Å². The van der Waals surface area contributed by atoms with Gasteiger partial charge < -0.3 is 4.57 Å². The van der Waals surface area contributed by atoms with Gasteiger partial charge in [0.1, 0.15) is 11.6 Å². The summed E-state index contributed by atoms with van der Waals surface area (Å²) in [6.45, 7) is 2.44. The van der Waals surface area contributed by atoms with Crippen LogP contribution in [-0.2, 0) is 22.1 Å². The minimum absolute atomic E-state index is 0.203. The minimum atomic E-state index is -3.45. The molecule has 0 spiro atoms. The SMILES string of the molecule is CCn1c(CS(=O)(=O)c2ccccc2)nnc1SCC#N. The first-order valence-corrected chi connectivity index (χ1v) is 8.92. The highest BCUT2D eigenvalue weighted by Gasteiger charge is 2.20. The van der Waals surface area contributed by atoms with Crippen molar-refractivity contribution in [1.29, 1.82) is 5.26 Å². The van der Waals surface area contributed by atoms with Gasteiger partial charge in [-0.15, -0.1) is 10.2 Å². The van der Waals surface area contributed by atoms with Crippen molar-refractivity contribution < 1.29 is 8.42 Å². The smallest absolute Gasteiger partial charge is 0.192 e. The molecule has 0 unspecified atom stereocenters. The number of hydrogen-bond donors (Lipinski definition) is 0. The molecule has 0 bridgehead atoms. The van der Waals surface area contributed by atoms with Crippen LogP contribution in [0.4, 0.5) is 0 Å². The lowest BCUT2D eigenvalue weighted by Crippen LogP contribution is -2.11. The van der Waals surface area contributed by atoms with E-state index < -0.39 is 9.84 Å². The third-order valence-electron chi connectivity index (χ3n) is 2.80. The van der Waals surface area contributed by atoms with Gasteiger partial charge in [0.25, 0.3) is 0 Å². The van der Waals surface area contributed by atoms with Crippen LogP contribution in [0, 0.1) is 11.3 Å². The number of thioether (sulfide) groups is 1. The van der Waals surface area contributed by atoms with Gasteiger partial charge in [-0.3, -0.25) is 0 Å². The zero-order valence-electron chi connectivity index (χ0n) is 11.4. The molecule has 110 valence electrons. The molecule has 0 amide bonds. The van der Waals surface area contributed by atoms with Crippen LogP contribution < -0.4 is 0 Å². The molecule has 1 aromatic carbocycles. The Labute approximate surface area is 127 Å². The Bertz CT molecular complexity index is 748. The van der Waals surface area contributed by atoms with Gasteiger partial charge in [-0.25, -0.2) is 8.42 Å². The van der Waals surface area contributed by atoms with Crippen molar-refractivity contribution in [2.45, 2.75) is 29.3 Å². The Kier molecular flexibility index (Phi) is 4.98. The summed E-state index contributed by atoms with van der Waals surface area (Å²) in [6.07, 6.45) is 0. The molecule has 21 heavy (non-hydrogen) atoms. The molecule has 0 fully saturated rings. The van der Waals surface area contributed by atoms with Crippen molar-refractivity contribution in [3.63, 3.8) is 0 Å². The monoisotopic (exact) mass is 322 g/mol. The summed E-state index contributed by atoms with van der Waals surface area (Å²) in [5, 5.41) is 17.1. The van der Waals surface area contributed by atoms with E-state index in [0.717, 1.165) is 0 Å². The van der Waals surface area contributed by atoms with Gasteiger partial charge in [-0.05, 0) is 19.1 Å². The van der Waals surface area contributed by atoms with Gasteiger partial charge in [0.2, 0.25) is 0 Å². The summed E-state index contributed by atoms with van der Waals surface area (Å²) in [5.41, 5.74) is 0. The van der Waals surface area contributed by atoms with E-state index in [1.54, 1.807) is 34.9 Å². The predicted molar refractivity (Wildman–Crippen MR) is 79.4 cm³/mol. The van der Waals surface area contributed by atoms with Gasteiger partial charge in [0.15, 0.2) is 15.0 Å². The number of sulfone groups is 1. The number of aromatic nitrogens is 3. The van der Waals surface area contributed by atoms with E-state index in [0.29, 0.717) is 17.5 Å². The molecule has 0 aliphatic carbocycles. The first-order chi connectivity index (χ1) is 10.1. The quantitative estimate of drug-likeness (QED) is 0.755. The van der Waals surface area contributed by atoms with Crippen LogP contribution in [0.5, 0.6) is 0 Å². The average molecular weight is 322 g/mol. The third kappa shape index (κ3) is 3.62. The Hall–Kier alpha value is -1.85. The summed E-state index contributed by atoms with van der Waals surface area (Å²) < 4.78 is 26.4. The van der Waals surface area contributed by atoms with Gasteiger partial charge in [0.05, 0.1) is 16.7 Å². The lowest BCUT2D eigenvalue weighted by molar-refractivity contribution is 0.588. The van der Waals surface area contributed by atoms with Crippen molar-refractivity contribution in [2.24, 2.45) is 0 Å². The number of benzene rings is 1. The molecule has 0 radical (unpaired) electrons. The van der Waals surface area contributed by atoms with E-state index in [4.69, 9.17) is 5.26 Å². The molecule has 0 atom stereocenters. The van der Waals surface area contributed by atoms with Gasteiger partial charge in [-0.2, -0.15) is 5.26 Å². The normalized spacial score (nSPS) is 11.2. The fourth-order valence-corrected chi connectivity index (χ4v) is 3.80. The molecule has 2 aromatic rings. The van der Waals surface area contributed by atoms with E-state index >= 15 is 0 Å². The number of nitriles is 1. The molecule has 2 rings (SSSR count). The first kappa shape index (κ1) is 15.5. The third-order valence-corrected chi connectivity index (χ3v) is 5.26. The number of hydrogen-bond acceptors (Lipinski definition) is 6. The Balaban J connectivity index is 2.28. The molecule has 6 nitrogen and oxygen atoms in total. The second-order valence-corrected chi connectivity index (χ2v) is 7.09. The molecular weight excluding hydrogens is 308 g/mol. The Morgan fingerprint density at radius 3 is 2.62 bits per heavy atom. The van der Waals surface area contributed by atoms with Crippen LogP contribution in [0.2, 0.25) is 0 Å². The van der Waals surface area contributed by atoms with E-state index in [9.17, 15) is 8.42 Å². The fourth-order valence-electron chi connectivity index (χ4n) is 1.83. The van der Waals surface area contributed by atoms with E-state index in [2.05, 4.69) is 10.2 Å². The van der Waals surface area contributed by atoms with Gasteiger partial charge in [0, 0.05) is 6.54 Å². The molecule has 0 N–H and O–H groups in total. The maximum Gasteiger partial charge on any atom is 0.192 e. The molecule has 1 aromatic heterocycles. The van der Waals surface area contributed by atoms with Crippen LogP contribution >= 0.6 is 11.8 Å². The molecule has 0 saturated heterocycles. The topological polar surface area (TPSA) is 88.6 Å². The van der Waals surface area contributed by atoms with Crippen molar-refractivity contribution in [3.05, 3.63) is 36.2 Å². The van der Waals surface area contributed by atoms with E-state index in [1.807, 2.05) is 13.0 Å². The summed E-state index contributed by atoms with van der Waals surface area (Å²) in [4.78, 5) is 0.266. The lowest BCUT2D eigenvalue weighted by Gasteiger charge is -2.07. The van der Waals surface area contributed by atoms with Crippen LogP contribution in [0.1, 0.15) is 12.7 Å². The molecular formula is C13H14N4O2S2. The molecule has 0 aliphatic heterocycles. The Morgan fingerprint density at radius 1 is 1.29 bits per heavy atom. The lowest BCUT2D eigenvalue weighted by atomic mass is 10.4. The number of rotatable bonds is 6. The largest absolute Gasteiger partial charge is 0.305 e. The van der Waals surface area contributed by atoms with Crippen molar-refractivity contribution in [2.75, 3.05) is 5.75 Å². The highest BCUT2D eigenvalue weighted by Crippen LogP contribution is 2.20. The van der Waals surface area contributed by atoms with E-state index in [-0.39, 0.29) is 16.4 Å². The minimum Gasteiger partial charge on any atom is -0.305 e.